The minimum atomic E-state index is -0.418. The van der Waals surface area contributed by atoms with Crippen LogP contribution in [0.1, 0.15) is 55.5 Å². The number of nitrogens with one attached hydrogen (secondary N) is 1. The molecule has 0 spiro atoms. The molecule has 0 radical (unpaired) electrons. The van der Waals surface area contributed by atoms with Crippen LogP contribution in [0.25, 0.3) is 0 Å². The Balaban J connectivity index is 1.75. The summed E-state index contributed by atoms with van der Waals surface area (Å²) in [6, 6.07) is 14.8. The van der Waals surface area contributed by atoms with Crippen molar-refractivity contribution in [1.29, 1.82) is 0 Å². The molecule has 1 saturated heterocycles. The second kappa shape index (κ2) is 8.38. The van der Waals surface area contributed by atoms with Gasteiger partial charge in [-0.05, 0) is 43.0 Å². The quantitative estimate of drug-likeness (QED) is 0.758. The van der Waals surface area contributed by atoms with Crippen LogP contribution < -0.4 is 10.2 Å². The zero-order chi connectivity index (χ0) is 20.3. The molecule has 1 heterocycles. The van der Waals surface area contributed by atoms with E-state index in [-0.39, 0.29) is 24.0 Å². The monoisotopic (exact) mass is 378 g/mol. The molecule has 1 N–H and O–H groups in total. The molecule has 0 unspecified atom stereocenters. The largest absolute Gasteiger partial charge is 0.326 e. The molecule has 2 atom stereocenters. The maximum atomic E-state index is 12.7. The summed E-state index contributed by atoms with van der Waals surface area (Å²) in [4.78, 5) is 38.6. The number of hydrogen-bond acceptors (Lipinski definition) is 3. The maximum Gasteiger partial charge on any atom is 0.229 e. The van der Waals surface area contributed by atoms with Crippen molar-refractivity contribution < 1.29 is 14.4 Å². The normalized spacial score (nSPS) is 17.5. The Morgan fingerprint density at radius 2 is 1.93 bits per heavy atom. The summed E-state index contributed by atoms with van der Waals surface area (Å²) in [7, 11) is 0. The van der Waals surface area contributed by atoms with Crippen molar-refractivity contribution in [2.75, 3.05) is 16.8 Å². The van der Waals surface area contributed by atoms with Gasteiger partial charge in [0.2, 0.25) is 11.8 Å². The Hall–Kier alpha value is -2.95. The third-order valence-corrected chi connectivity index (χ3v) is 5.40. The van der Waals surface area contributed by atoms with Crippen LogP contribution in [0, 0.1) is 5.92 Å². The van der Waals surface area contributed by atoms with E-state index >= 15 is 0 Å². The van der Waals surface area contributed by atoms with Crippen molar-refractivity contribution in [3.05, 3.63) is 59.7 Å². The van der Waals surface area contributed by atoms with Gasteiger partial charge in [-0.1, -0.05) is 44.2 Å². The Morgan fingerprint density at radius 1 is 1.18 bits per heavy atom. The van der Waals surface area contributed by atoms with Gasteiger partial charge in [-0.25, -0.2) is 0 Å². The minimum absolute atomic E-state index is 0.0339. The van der Waals surface area contributed by atoms with Gasteiger partial charge in [-0.2, -0.15) is 0 Å². The highest BCUT2D eigenvalue weighted by Gasteiger charge is 2.36. The minimum Gasteiger partial charge on any atom is -0.326 e. The molecule has 28 heavy (non-hydrogen) atoms. The van der Waals surface area contributed by atoms with Crippen LogP contribution in [-0.4, -0.2) is 24.1 Å². The van der Waals surface area contributed by atoms with Gasteiger partial charge in [-0.3, -0.25) is 14.4 Å². The number of benzene rings is 2. The fourth-order valence-electron chi connectivity index (χ4n) is 3.55. The number of anilines is 2. The van der Waals surface area contributed by atoms with Crippen LogP contribution in [0.4, 0.5) is 11.4 Å². The van der Waals surface area contributed by atoms with Crippen LogP contribution in [0.15, 0.2) is 48.5 Å². The first-order chi connectivity index (χ1) is 13.4. The summed E-state index contributed by atoms with van der Waals surface area (Å²) in [6.07, 6.45) is 1.17. The summed E-state index contributed by atoms with van der Waals surface area (Å²) in [5, 5.41) is 2.85. The predicted octanol–water partition coefficient (Wildman–Crippen LogP) is 4.39. The van der Waals surface area contributed by atoms with Crippen molar-refractivity contribution in [1.82, 2.24) is 0 Å². The molecule has 5 nitrogen and oxygen atoms in total. The molecule has 2 aromatic carbocycles. The van der Waals surface area contributed by atoms with Crippen LogP contribution in [0.5, 0.6) is 0 Å². The van der Waals surface area contributed by atoms with E-state index in [4.69, 9.17) is 0 Å². The third-order valence-electron chi connectivity index (χ3n) is 5.40. The predicted molar refractivity (Wildman–Crippen MR) is 111 cm³/mol. The molecule has 0 aromatic heterocycles. The molecular formula is C23H26N2O3. The van der Waals surface area contributed by atoms with Crippen LogP contribution in [0.2, 0.25) is 0 Å². The molecule has 2 amide bonds. The number of amides is 2. The van der Waals surface area contributed by atoms with E-state index in [0.29, 0.717) is 23.7 Å². The van der Waals surface area contributed by atoms with Crippen molar-refractivity contribution >= 4 is 29.0 Å². The molecule has 146 valence electrons. The lowest BCUT2D eigenvalue weighted by molar-refractivity contribution is -0.122. The Bertz CT molecular complexity index is 906. The first-order valence-electron chi connectivity index (χ1n) is 9.71. The first-order valence-corrected chi connectivity index (χ1v) is 9.71. The Kier molecular flexibility index (Phi) is 5.93. The summed E-state index contributed by atoms with van der Waals surface area (Å²) in [6.45, 7) is 6.12. The number of carbonyl (C=O) groups excluding carboxylic acids is 3. The zero-order valence-electron chi connectivity index (χ0n) is 16.6. The van der Waals surface area contributed by atoms with E-state index in [1.54, 1.807) is 29.2 Å². The van der Waals surface area contributed by atoms with E-state index in [1.807, 2.05) is 18.2 Å². The number of hydrogen-bond donors (Lipinski definition) is 1. The standard InChI is InChI=1S/C23H26N2O3/c1-4-15(2)20-10-5-6-11-21(20)25-14-18(13-22(25)27)23(28)24-19-9-7-8-17(12-19)16(3)26/h5-12,15,18H,4,13-14H2,1-3H3,(H,24,28)/t15-,18-/m0/s1. The zero-order valence-corrected chi connectivity index (χ0v) is 16.6. The van der Waals surface area contributed by atoms with Gasteiger partial charge < -0.3 is 10.2 Å². The summed E-state index contributed by atoms with van der Waals surface area (Å²) >= 11 is 0. The molecule has 2 aromatic rings. The second-order valence-corrected chi connectivity index (χ2v) is 7.40. The SMILES string of the molecule is CC[C@H](C)c1ccccc1N1C[C@@H](C(=O)Nc2cccc(C(C)=O)c2)CC1=O. The van der Waals surface area contributed by atoms with Gasteiger partial charge in [-0.15, -0.1) is 0 Å². The van der Waals surface area contributed by atoms with Crippen LogP contribution >= 0.6 is 0 Å². The van der Waals surface area contributed by atoms with Gasteiger partial charge in [0, 0.05) is 29.9 Å². The first kappa shape index (κ1) is 19.8. The number of rotatable bonds is 6. The molecule has 1 aliphatic rings. The van der Waals surface area contributed by atoms with Gasteiger partial charge in [0.15, 0.2) is 5.78 Å². The van der Waals surface area contributed by atoms with Crippen molar-refractivity contribution in [3.63, 3.8) is 0 Å². The van der Waals surface area contributed by atoms with E-state index in [2.05, 4.69) is 25.2 Å². The van der Waals surface area contributed by atoms with E-state index < -0.39 is 5.92 Å². The molecular weight excluding hydrogens is 352 g/mol. The van der Waals surface area contributed by atoms with Crippen LogP contribution in [0.3, 0.4) is 0 Å². The number of ketones is 1. The Morgan fingerprint density at radius 3 is 2.64 bits per heavy atom. The number of para-hydroxylation sites is 1. The molecule has 0 saturated carbocycles. The van der Waals surface area contributed by atoms with Crippen molar-refractivity contribution in [3.8, 4) is 0 Å². The van der Waals surface area contributed by atoms with Crippen molar-refractivity contribution in [2.24, 2.45) is 5.92 Å². The van der Waals surface area contributed by atoms with Crippen LogP contribution in [-0.2, 0) is 9.59 Å². The Labute approximate surface area is 165 Å². The number of nitrogens with zero attached hydrogens (tertiary/aromatic N) is 1. The molecule has 0 bridgehead atoms. The molecule has 0 aliphatic carbocycles. The smallest absolute Gasteiger partial charge is 0.229 e. The summed E-state index contributed by atoms with van der Waals surface area (Å²) < 4.78 is 0. The lowest BCUT2D eigenvalue weighted by atomic mass is 9.96. The maximum absolute atomic E-state index is 12.7. The molecule has 3 rings (SSSR count). The topological polar surface area (TPSA) is 66.5 Å². The van der Waals surface area contributed by atoms with E-state index in [9.17, 15) is 14.4 Å². The fraction of sp³-hybridized carbons (Fsp3) is 0.348. The van der Waals surface area contributed by atoms with Crippen molar-refractivity contribution in [2.45, 2.75) is 39.5 Å². The van der Waals surface area contributed by atoms with Gasteiger partial charge in [0.05, 0.1) is 5.92 Å². The highest BCUT2D eigenvalue weighted by Crippen LogP contribution is 2.33. The van der Waals surface area contributed by atoms with E-state index in [0.717, 1.165) is 17.7 Å². The van der Waals surface area contributed by atoms with Gasteiger partial charge >= 0.3 is 0 Å². The summed E-state index contributed by atoms with van der Waals surface area (Å²) in [5.74, 6) is -0.365. The van der Waals surface area contributed by atoms with Gasteiger partial charge in [0.25, 0.3) is 0 Å². The molecule has 5 heteroatoms. The summed E-state index contributed by atoms with van der Waals surface area (Å²) in [5.41, 5.74) is 3.15. The van der Waals surface area contributed by atoms with E-state index in [1.165, 1.54) is 6.92 Å². The average Bonchev–Trinajstić information content (AvgIpc) is 3.09. The second-order valence-electron chi connectivity index (χ2n) is 7.40. The highest BCUT2D eigenvalue weighted by atomic mass is 16.2. The fourth-order valence-corrected chi connectivity index (χ4v) is 3.55. The lowest BCUT2D eigenvalue weighted by Crippen LogP contribution is -2.29. The highest BCUT2D eigenvalue weighted by molar-refractivity contribution is 6.04. The average molecular weight is 378 g/mol. The number of carbonyl (C=O) groups is 3. The number of Topliss-reactive ketones (excluding diaryl/α,β-unsaturated/α-hetero) is 1. The third kappa shape index (κ3) is 4.14. The lowest BCUT2D eigenvalue weighted by Gasteiger charge is -2.23. The molecule has 1 aliphatic heterocycles. The van der Waals surface area contributed by atoms with Gasteiger partial charge in [0.1, 0.15) is 0 Å². The molecule has 1 fully saturated rings.